The molecule has 6 nitrogen and oxygen atoms in total. The third kappa shape index (κ3) is 2.54. The van der Waals surface area contributed by atoms with E-state index in [-0.39, 0.29) is 5.91 Å². The zero-order chi connectivity index (χ0) is 13.9. The molecule has 0 aliphatic rings. The lowest BCUT2D eigenvalue weighted by Gasteiger charge is -2.00. The molecule has 3 aromatic rings. The third-order valence-corrected chi connectivity index (χ3v) is 3.09. The van der Waals surface area contributed by atoms with Gasteiger partial charge < -0.3 is 10.3 Å². The van der Waals surface area contributed by atoms with Crippen molar-refractivity contribution in [3.63, 3.8) is 0 Å². The van der Waals surface area contributed by atoms with Gasteiger partial charge in [-0.25, -0.2) is 9.51 Å². The maximum atomic E-state index is 11.9. The second-order valence-electron chi connectivity index (χ2n) is 4.63. The molecular formula is C14H15N4O2+. The molecule has 102 valence electrons. The highest BCUT2D eigenvalue weighted by Gasteiger charge is 2.13. The van der Waals surface area contributed by atoms with Crippen molar-refractivity contribution in [1.82, 2.24) is 15.5 Å². The number of benzene rings is 1. The van der Waals surface area contributed by atoms with E-state index in [1.807, 2.05) is 30.5 Å². The molecule has 20 heavy (non-hydrogen) atoms. The molecule has 3 N–H and O–H groups in total. The Bertz CT molecular complexity index is 744. The van der Waals surface area contributed by atoms with Crippen LogP contribution in [0.2, 0.25) is 0 Å². The summed E-state index contributed by atoms with van der Waals surface area (Å²) >= 11 is 0. The maximum Gasteiger partial charge on any atom is 0.343 e. The molecular weight excluding hydrogens is 256 g/mol. The lowest BCUT2D eigenvalue weighted by Crippen LogP contribution is -2.27. The van der Waals surface area contributed by atoms with Gasteiger partial charge in [0.1, 0.15) is 6.54 Å². The summed E-state index contributed by atoms with van der Waals surface area (Å²) in [7, 11) is 0. The summed E-state index contributed by atoms with van der Waals surface area (Å²) in [6.45, 7) is 2.10. The van der Waals surface area contributed by atoms with Crippen LogP contribution < -0.4 is 10.3 Å². The topological polar surface area (TPSA) is 85.1 Å². The van der Waals surface area contributed by atoms with Gasteiger partial charge in [-0.1, -0.05) is 18.2 Å². The van der Waals surface area contributed by atoms with E-state index in [1.165, 1.54) is 0 Å². The van der Waals surface area contributed by atoms with Crippen molar-refractivity contribution in [2.75, 3.05) is 0 Å². The normalized spacial score (nSPS) is 10.8. The third-order valence-electron chi connectivity index (χ3n) is 3.09. The smallest absolute Gasteiger partial charge is 0.343 e. The van der Waals surface area contributed by atoms with E-state index >= 15 is 0 Å². The molecule has 0 bridgehead atoms. The molecule has 0 spiro atoms. The lowest BCUT2D eigenvalue weighted by atomic mass is 10.1. The molecule has 0 atom stereocenters. The fourth-order valence-corrected chi connectivity index (χ4v) is 2.14. The number of hydrogen-bond donors (Lipinski definition) is 2. The number of fused-ring (bicyclic) bond motifs is 1. The van der Waals surface area contributed by atoms with Gasteiger partial charge in [0.15, 0.2) is 5.16 Å². The number of amides is 1. The van der Waals surface area contributed by atoms with Gasteiger partial charge in [-0.2, -0.15) is 0 Å². The Labute approximate surface area is 115 Å². The molecule has 0 saturated heterocycles. The van der Waals surface area contributed by atoms with Crippen molar-refractivity contribution in [2.45, 2.75) is 19.9 Å². The minimum atomic E-state index is -0.0581. The molecule has 0 saturated carbocycles. The van der Waals surface area contributed by atoms with Gasteiger partial charge in [-0.3, -0.25) is 4.79 Å². The first-order chi connectivity index (χ1) is 9.72. The number of rotatable bonds is 4. The molecule has 0 unspecified atom stereocenters. The minimum Gasteiger partial charge on any atom is -0.361 e. The number of carbonyl (C=O) groups is 1. The van der Waals surface area contributed by atoms with Crippen LogP contribution in [0.15, 0.2) is 35.0 Å². The lowest BCUT2D eigenvalue weighted by molar-refractivity contribution is -0.406. The first-order valence-electron chi connectivity index (χ1n) is 6.38. The average molecular weight is 271 g/mol. The maximum absolute atomic E-state index is 11.9. The molecule has 0 aliphatic heterocycles. The van der Waals surface area contributed by atoms with Gasteiger partial charge in [0.05, 0.1) is 6.42 Å². The van der Waals surface area contributed by atoms with Gasteiger partial charge in [0.2, 0.25) is 5.91 Å². The molecule has 6 heteroatoms. The first kappa shape index (κ1) is 12.4. The number of H-pyrrole nitrogens is 2. The van der Waals surface area contributed by atoms with Crippen molar-refractivity contribution in [3.05, 3.63) is 47.7 Å². The summed E-state index contributed by atoms with van der Waals surface area (Å²) in [5, 5.41) is 7.60. The zero-order valence-corrected chi connectivity index (χ0v) is 11.1. The Balaban J connectivity index is 1.64. The fourth-order valence-electron chi connectivity index (χ4n) is 2.14. The highest BCUT2D eigenvalue weighted by atomic mass is 16.5. The number of aromatic nitrogens is 3. The summed E-state index contributed by atoms with van der Waals surface area (Å²) < 4.78 is 4.99. The molecule has 0 fully saturated rings. The Morgan fingerprint density at radius 1 is 1.45 bits per heavy atom. The SMILES string of the molecule is Cc1noc(CNC(=O)Cc2c[nH]c3ccccc23)[nH+]1. The van der Waals surface area contributed by atoms with E-state index in [1.54, 1.807) is 6.92 Å². The van der Waals surface area contributed by atoms with Crippen molar-refractivity contribution < 1.29 is 14.3 Å². The number of para-hydroxylation sites is 1. The minimum absolute atomic E-state index is 0.0581. The van der Waals surface area contributed by atoms with Crippen LogP contribution in [0.4, 0.5) is 0 Å². The number of nitrogens with zero attached hydrogens (tertiary/aromatic N) is 1. The Morgan fingerprint density at radius 2 is 2.30 bits per heavy atom. The highest BCUT2D eigenvalue weighted by Crippen LogP contribution is 2.17. The van der Waals surface area contributed by atoms with E-state index in [2.05, 4.69) is 20.4 Å². The van der Waals surface area contributed by atoms with Crippen LogP contribution in [0, 0.1) is 6.92 Å². The zero-order valence-electron chi connectivity index (χ0n) is 11.1. The molecule has 1 aromatic carbocycles. The van der Waals surface area contributed by atoms with Crippen LogP contribution in [0.5, 0.6) is 0 Å². The number of nitrogens with one attached hydrogen (secondary N) is 3. The van der Waals surface area contributed by atoms with Gasteiger partial charge >= 0.3 is 11.7 Å². The molecule has 1 amide bonds. The number of hydrogen-bond acceptors (Lipinski definition) is 3. The van der Waals surface area contributed by atoms with Gasteiger partial charge in [-0.15, -0.1) is 0 Å². The Kier molecular flexibility index (Phi) is 3.20. The molecule has 3 rings (SSSR count). The van der Waals surface area contributed by atoms with Gasteiger partial charge in [0, 0.05) is 24.0 Å². The Hall–Kier alpha value is -2.63. The van der Waals surface area contributed by atoms with Crippen molar-refractivity contribution in [2.24, 2.45) is 0 Å². The summed E-state index contributed by atoms with van der Waals surface area (Å²) in [5.41, 5.74) is 2.02. The summed E-state index contributed by atoms with van der Waals surface area (Å²) in [6.07, 6.45) is 2.20. The van der Waals surface area contributed by atoms with Crippen LogP contribution >= 0.6 is 0 Å². The van der Waals surface area contributed by atoms with Crippen LogP contribution in [0.1, 0.15) is 17.3 Å². The highest BCUT2D eigenvalue weighted by molar-refractivity contribution is 5.88. The second-order valence-corrected chi connectivity index (χ2v) is 4.63. The van der Waals surface area contributed by atoms with Crippen LogP contribution in [-0.4, -0.2) is 16.0 Å². The standard InChI is InChI=1S/C14H14N4O2/c1-9-17-14(20-18-9)8-16-13(19)6-10-7-15-12-5-3-2-4-11(10)12/h2-5,7,15H,6,8H2,1H3,(H,16,19)/p+1. The first-order valence-corrected chi connectivity index (χ1v) is 6.38. The summed E-state index contributed by atoms with van der Waals surface area (Å²) in [6, 6.07) is 7.92. The van der Waals surface area contributed by atoms with E-state index in [9.17, 15) is 4.79 Å². The second kappa shape index (κ2) is 5.16. The Morgan fingerprint density at radius 3 is 3.10 bits per heavy atom. The number of aromatic amines is 2. The summed E-state index contributed by atoms with van der Waals surface area (Å²) in [4.78, 5) is 18.0. The van der Waals surface area contributed by atoms with E-state index < -0.39 is 0 Å². The summed E-state index contributed by atoms with van der Waals surface area (Å²) in [5.74, 6) is 1.16. The van der Waals surface area contributed by atoms with E-state index in [0.29, 0.717) is 24.7 Å². The molecule has 2 aromatic heterocycles. The largest absolute Gasteiger partial charge is 0.361 e. The molecule has 0 radical (unpaired) electrons. The van der Waals surface area contributed by atoms with Crippen LogP contribution in [0.3, 0.4) is 0 Å². The average Bonchev–Trinajstić information content (AvgIpc) is 3.04. The van der Waals surface area contributed by atoms with Crippen LogP contribution in [-0.2, 0) is 17.8 Å². The predicted octanol–water partition coefficient (Wildman–Crippen LogP) is 1.14. The monoisotopic (exact) mass is 271 g/mol. The number of aryl methyl sites for hydroxylation is 1. The quantitative estimate of drug-likeness (QED) is 0.746. The van der Waals surface area contributed by atoms with E-state index in [4.69, 9.17) is 4.52 Å². The van der Waals surface area contributed by atoms with Crippen LogP contribution in [0.25, 0.3) is 10.9 Å². The molecule has 2 heterocycles. The predicted molar refractivity (Wildman–Crippen MR) is 71.6 cm³/mol. The van der Waals surface area contributed by atoms with Crippen molar-refractivity contribution in [3.8, 4) is 0 Å². The van der Waals surface area contributed by atoms with Gasteiger partial charge in [0.25, 0.3) is 0 Å². The fraction of sp³-hybridized carbons (Fsp3) is 0.214. The molecule has 0 aliphatic carbocycles. The number of carbonyl (C=O) groups excluding carboxylic acids is 1. The van der Waals surface area contributed by atoms with Crippen molar-refractivity contribution >= 4 is 16.8 Å². The van der Waals surface area contributed by atoms with Crippen molar-refractivity contribution in [1.29, 1.82) is 0 Å². The van der Waals surface area contributed by atoms with E-state index in [0.717, 1.165) is 16.5 Å². The van der Waals surface area contributed by atoms with Gasteiger partial charge in [-0.05, 0) is 11.6 Å².